The Balaban J connectivity index is 2.97. The number of nitrogen functional groups attached to an aromatic ring is 1. The molecule has 0 aliphatic heterocycles. The van der Waals surface area contributed by atoms with Gasteiger partial charge in [0.2, 0.25) is 10.0 Å². The van der Waals surface area contributed by atoms with Crippen LogP contribution in [0.15, 0.2) is 34.7 Å². The fourth-order valence-corrected chi connectivity index (χ4v) is 2.58. The third-order valence-corrected chi connectivity index (χ3v) is 3.85. The molecule has 94 valence electrons. The van der Waals surface area contributed by atoms with Gasteiger partial charge in [-0.1, -0.05) is 17.7 Å². The van der Waals surface area contributed by atoms with E-state index < -0.39 is 10.0 Å². The molecule has 0 fully saturated rings. The van der Waals surface area contributed by atoms with Gasteiger partial charge in [0.1, 0.15) is 0 Å². The molecule has 0 aliphatic rings. The van der Waals surface area contributed by atoms with Gasteiger partial charge in [-0.2, -0.15) is 0 Å². The Morgan fingerprint density at radius 3 is 2.65 bits per heavy atom. The van der Waals surface area contributed by atoms with E-state index in [4.69, 9.17) is 5.73 Å². The topological polar surface area (TPSA) is 72.2 Å². The Bertz CT molecular complexity index is 529. The Labute approximate surface area is 103 Å². The summed E-state index contributed by atoms with van der Waals surface area (Å²) in [6.45, 7) is 5.87. The SMILES string of the molecule is CC(C)=CCNS(=O)(=O)c1cc(N)ccc1C. The highest BCUT2D eigenvalue weighted by Crippen LogP contribution is 2.17. The van der Waals surface area contributed by atoms with Crippen molar-refractivity contribution in [2.24, 2.45) is 0 Å². The maximum absolute atomic E-state index is 12.0. The molecule has 1 aromatic carbocycles. The summed E-state index contributed by atoms with van der Waals surface area (Å²) in [5, 5.41) is 0. The van der Waals surface area contributed by atoms with Gasteiger partial charge in [-0.3, -0.25) is 0 Å². The second kappa shape index (κ2) is 5.33. The third-order valence-electron chi connectivity index (χ3n) is 2.29. The molecule has 1 rings (SSSR count). The molecule has 0 saturated carbocycles. The van der Waals surface area contributed by atoms with Crippen LogP contribution in [0.25, 0.3) is 0 Å². The third kappa shape index (κ3) is 3.87. The number of rotatable bonds is 4. The number of aryl methyl sites for hydroxylation is 1. The Kier molecular flexibility index (Phi) is 4.31. The van der Waals surface area contributed by atoms with E-state index in [1.165, 1.54) is 6.07 Å². The van der Waals surface area contributed by atoms with Gasteiger partial charge in [0.05, 0.1) is 4.90 Å². The number of nitrogens with two attached hydrogens (primary N) is 1. The molecular formula is C12H18N2O2S. The number of allylic oxidation sites excluding steroid dienone is 1. The average Bonchev–Trinajstić information content (AvgIpc) is 2.20. The van der Waals surface area contributed by atoms with Gasteiger partial charge in [-0.05, 0) is 38.5 Å². The van der Waals surface area contributed by atoms with Crippen molar-refractivity contribution in [1.29, 1.82) is 0 Å². The van der Waals surface area contributed by atoms with Crippen LogP contribution in [0.3, 0.4) is 0 Å². The lowest BCUT2D eigenvalue weighted by Gasteiger charge is -2.08. The standard InChI is InChI=1S/C12H18N2O2S/c1-9(2)6-7-14-17(15,16)12-8-11(13)5-4-10(12)3/h4-6,8,14H,7,13H2,1-3H3. The van der Waals surface area contributed by atoms with Gasteiger partial charge in [-0.15, -0.1) is 0 Å². The van der Waals surface area contributed by atoms with Crippen molar-refractivity contribution in [3.63, 3.8) is 0 Å². The van der Waals surface area contributed by atoms with Crippen molar-refractivity contribution >= 4 is 15.7 Å². The van der Waals surface area contributed by atoms with Crippen molar-refractivity contribution < 1.29 is 8.42 Å². The molecule has 0 radical (unpaired) electrons. The molecule has 0 heterocycles. The normalized spacial score (nSPS) is 11.2. The molecule has 17 heavy (non-hydrogen) atoms. The molecule has 1 aromatic rings. The van der Waals surface area contributed by atoms with Crippen LogP contribution >= 0.6 is 0 Å². The smallest absolute Gasteiger partial charge is 0.241 e. The van der Waals surface area contributed by atoms with Gasteiger partial charge in [0.15, 0.2) is 0 Å². The van der Waals surface area contributed by atoms with E-state index in [9.17, 15) is 8.42 Å². The molecular weight excluding hydrogens is 236 g/mol. The average molecular weight is 254 g/mol. The molecule has 0 bridgehead atoms. The molecule has 3 N–H and O–H groups in total. The monoisotopic (exact) mass is 254 g/mol. The quantitative estimate of drug-likeness (QED) is 0.636. The maximum atomic E-state index is 12.0. The molecule has 0 aliphatic carbocycles. The lowest BCUT2D eigenvalue weighted by molar-refractivity contribution is 0.585. The van der Waals surface area contributed by atoms with Gasteiger partial charge in [0.25, 0.3) is 0 Å². The summed E-state index contributed by atoms with van der Waals surface area (Å²) in [5.41, 5.74) is 7.79. The molecule has 4 nitrogen and oxygen atoms in total. The number of benzene rings is 1. The van der Waals surface area contributed by atoms with Gasteiger partial charge in [-0.25, -0.2) is 13.1 Å². The molecule has 0 unspecified atom stereocenters. The van der Waals surface area contributed by atoms with E-state index >= 15 is 0 Å². The predicted molar refractivity (Wildman–Crippen MR) is 70.2 cm³/mol. The van der Waals surface area contributed by atoms with Crippen LogP contribution in [0.4, 0.5) is 5.69 Å². The highest BCUT2D eigenvalue weighted by atomic mass is 32.2. The zero-order valence-corrected chi connectivity index (χ0v) is 11.1. The lowest BCUT2D eigenvalue weighted by atomic mass is 10.2. The van der Waals surface area contributed by atoms with Gasteiger partial charge < -0.3 is 5.73 Å². The predicted octanol–water partition coefficient (Wildman–Crippen LogP) is 1.82. The minimum atomic E-state index is -3.48. The minimum Gasteiger partial charge on any atom is -0.399 e. The molecule has 5 heteroatoms. The molecule has 0 saturated heterocycles. The first kappa shape index (κ1) is 13.7. The van der Waals surface area contributed by atoms with Crippen molar-refractivity contribution in [3.05, 3.63) is 35.4 Å². The van der Waals surface area contributed by atoms with Crippen LogP contribution in [-0.4, -0.2) is 15.0 Å². The highest BCUT2D eigenvalue weighted by Gasteiger charge is 2.15. The van der Waals surface area contributed by atoms with E-state index in [-0.39, 0.29) is 4.90 Å². The van der Waals surface area contributed by atoms with E-state index in [1.54, 1.807) is 19.1 Å². The molecule has 0 atom stereocenters. The Morgan fingerprint density at radius 2 is 2.06 bits per heavy atom. The number of anilines is 1. The van der Waals surface area contributed by atoms with E-state index in [0.29, 0.717) is 17.8 Å². The number of sulfonamides is 1. The highest BCUT2D eigenvalue weighted by molar-refractivity contribution is 7.89. The first-order chi connectivity index (χ1) is 7.83. The maximum Gasteiger partial charge on any atom is 0.241 e. The zero-order chi connectivity index (χ0) is 13.1. The fourth-order valence-electron chi connectivity index (χ4n) is 1.34. The summed E-state index contributed by atoms with van der Waals surface area (Å²) in [7, 11) is -3.48. The number of nitrogens with one attached hydrogen (secondary N) is 1. The van der Waals surface area contributed by atoms with Crippen LogP contribution in [-0.2, 0) is 10.0 Å². The number of hydrogen-bond donors (Lipinski definition) is 2. The Morgan fingerprint density at radius 1 is 1.41 bits per heavy atom. The van der Waals surface area contributed by atoms with Crippen LogP contribution in [0.2, 0.25) is 0 Å². The minimum absolute atomic E-state index is 0.236. The summed E-state index contributed by atoms with van der Waals surface area (Å²) < 4.78 is 26.5. The van der Waals surface area contributed by atoms with Crippen molar-refractivity contribution in [1.82, 2.24) is 4.72 Å². The summed E-state index contributed by atoms with van der Waals surface area (Å²) in [6, 6.07) is 4.86. The lowest BCUT2D eigenvalue weighted by Crippen LogP contribution is -2.24. The van der Waals surface area contributed by atoms with Gasteiger partial charge >= 0.3 is 0 Å². The molecule has 0 amide bonds. The summed E-state index contributed by atoms with van der Waals surface area (Å²) in [5.74, 6) is 0. The van der Waals surface area contributed by atoms with Crippen LogP contribution in [0.1, 0.15) is 19.4 Å². The van der Waals surface area contributed by atoms with Crippen molar-refractivity contribution in [3.8, 4) is 0 Å². The largest absolute Gasteiger partial charge is 0.399 e. The summed E-state index contributed by atoms with van der Waals surface area (Å²) >= 11 is 0. The van der Waals surface area contributed by atoms with E-state index in [2.05, 4.69) is 4.72 Å². The number of hydrogen-bond acceptors (Lipinski definition) is 3. The van der Waals surface area contributed by atoms with Crippen molar-refractivity contribution in [2.45, 2.75) is 25.7 Å². The van der Waals surface area contributed by atoms with Crippen molar-refractivity contribution in [2.75, 3.05) is 12.3 Å². The second-order valence-corrected chi connectivity index (χ2v) is 5.89. The summed E-state index contributed by atoms with van der Waals surface area (Å²) in [4.78, 5) is 0.236. The molecule has 0 aromatic heterocycles. The molecule has 0 spiro atoms. The van der Waals surface area contributed by atoms with Crippen LogP contribution < -0.4 is 10.5 Å². The second-order valence-electron chi connectivity index (χ2n) is 4.16. The zero-order valence-electron chi connectivity index (χ0n) is 10.3. The summed E-state index contributed by atoms with van der Waals surface area (Å²) in [6.07, 6.45) is 1.82. The van der Waals surface area contributed by atoms with Gasteiger partial charge in [0, 0.05) is 12.2 Å². The first-order valence-corrected chi connectivity index (χ1v) is 6.80. The fraction of sp³-hybridized carbons (Fsp3) is 0.333. The first-order valence-electron chi connectivity index (χ1n) is 5.32. The Hall–Kier alpha value is -1.33. The van der Waals surface area contributed by atoms with Crippen LogP contribution in [0.5, 0.6) is 0 Å². The van der Waals surface area contributed by atoms with Crippen LogP contribution in [0, 0.1) is 6.92 Å². The van der Waals surface area contributed by atoms with E-state index in [1.807, 2.05) is 19.9 Å². The van der Waals surface area contributed by atoms with E-state index in [0.717, 1.165) is 5.57 Å².